The van der Waals surface area contributed by atoms with E-state index in [4.69, 9.17) is 9.47 Å². The maximum absolute atomic E-state index is 12.7. The standard InChI is InChI=1S/C17H28N4O4S/c1-2-20-11-15(9-18-20)10-19-5-8-25-17(12-19)13-21(6-7-24-14-17)26(22,23)16-3-4-16/h9,11,16H,2-8,10,12-14H2,1H3. The van der Waals surface area contributed by atoms with Gasteiger partial charge < -0.3 is 9.47 Å². The zero-order valence-electron chi connectivity index (χ0n) is 15.3. The number of hydrogen-bond donors (Lipinski definition) is 0. The lowest BCUT2D eigenvalue weighted by molar-refractivity contribution is -0.139. The molecule has 146 valence electrons. The summed E-state index contributed by atoms with van der Waals surface area (Å²) in [6, 6.07) is 0. The van der Waals surface area contributed by atoms with Crippen LogP contribution in [-0.2, 0) is 32.6 Å². The van der Waals surface area contributed by atoms with Gasteiger partial charge in [0.2, 0.25) is 10.0 Å². The van der Waals surface area contributed by atoms with Crippen molar-refractivity contribution in [1.29, 1.82) is 0 Å². The first-order valence-electron chi connectivity index (χ1n) is 9.45. The molecule has 0 aromatic carbocycles. The average molecular weight is 385 g/mol. The molecule has 8 nitrogen and oxygen atoms in total. The molecule has 3 fully saturated rings. The number of ether oxygens (including phenoxy) is 2. The monoisotopic (exact) mass is 384 g/mol. The first-order chi connectivity index (χ1) is 12.5. The zero-order valence-corrected chi connectivity index (χ0v) is 16.2. The van der Waals surface area contributed by atoms with Crippen LogP contribution in [0.3, 0.4) is 0 Å². The average Bonchev–Trinajstić information content (AvgIpc) is 3.41. The lowest BCUT2D eigenvalue weighted by Crippen LogP contribution is -2.59. The van der Waals surface area contributed by atoms with Crippen molar-refractivity contribution in [3.05, 3.63) is 18.0 Å². The third-order valence-corrected chi connectivity index (χ3v) is 7.71. The number of rotatable bonds is 5. The molecular formula is C17H28N4O4S. The van der Waals surface area contributed by atoms with Gasteiger partial charge in [0.15, 0.2) is 0 Å². The highest BCUT2D eigenvalue weighted by molar-refractivity contribution is 7.90. The van der Waals surface area contributed by atoms with E-state index in [-0.39, 0.29) is 5.25 Å². The molecule has 3 aliphatic rings. The number of hydrogen-bond acceptors (Lipinski definition) is 6. The summed E-state index contributed by atoms with van der Waals surface area (Å²) in [6.07, 6.45) is 5.52. The molecule has 3 heterocycles. The fourth-order valence-electron chi connectivity index (χ4n) is 3.83. The highest BCUT2D eigenvalue weighted by Gasteiger charge is 2.47. The summed E-state index contributed by atoms with van der Waals surface area (Å²) in [5.74, 6) is 0. The molecule has 2 saturated heterocycles. The normalized spacial score (nSPS) is 29.1. The number of aromatic nitrogens is 2. The molecule has 0 bridgehead atoms. The van der Waals surface area contributed by atoms with Gasteiger partial charge in [-0.2, -0.15) is 9.40 Å². The molecule has 0 radical (unpaired) electrons. The van der Waals surface area contributed by atoms with Gasteiger partial charge in [-0.15, -0.1) is 0 Å². The molecule has 0 amide bonds. The molecule has 1 spiro atoms. The second-order valence-electron chi connectivity index (χ2n) is 7.58. The minimum atomic E-state index is -3.22. The van der Waals surface area contributed by atoms with E-state index >= 15 is 0 Å². The molecule has 1 unspecified atom stereocenters. The second kappa shape index (κ2) is 7.20. The largest absolute Gasteiger partial charge is 0.377 e. The second-order valence-corrected chi connectivity index (χ2v) is 9.79. The first kappa shape index (κ1) is 18.4. The Bertz CT molecular complexity index is 733. The number of sulfonamides is 1. The third-order valence-electron chi connectivity index (χ3n) is 5.36. The number of nitrogens with zero attached hydrogens (tertiary/aromatic N) is 4. The highest BCUT2D eigenvalue weighted by Crippen LogP contribution is 2.33. The molecular weight excluding hydrogens is 356 g/mol. The van der Waals surface area contributed by atoms with Crippen molar-refractivity contribution < 1.29 is 17.9 Å². The van der Waals surface area contributed by atoms with Crippen molar-refractivity contribution in [2.45, 2.75) is 43.7 Å². The van der Waals surface area contributed by atoms with E-state index in [0.29, 0.717) is 39.5 Å². The van der Waals surface area contributed by atoms with E-state index < -0.39 is 15.6 Å². The Morgan fingerprint density at radius 1 is 1.27 bits per heavy atom. The lowest BCUT2D eigenvalue weighted by Gasteiger charge is -2.43. The summed E-state index contributed by atoms with van der Waals surface area (Å²) in [5.41, 5.74) is 0.582. The Kier molecular flexibility index (Phi) is 5.08. The van der Waals surface area contributed by atoms with Crippen molar-refractivity contribution in [2.75, 3.05) is 46.0 Å². The Morgan fingerprint density at radius 3 is 2.85 bits per heavy atom. The van der Waals surface area contributed by atoms with Crippen LogP contribution in [0.25, 0.3) is 0 Å². The van der Waals surface area contributed by atoms with Crippen LogP contribution in [0.2, 0.25) is 0 Å². The van der Waals surface area contributed by atoms with Crippen LogP contribution in [-0.4, -0.2) is 84.3 Å². The topological polar surface area (TPSA) is 76.9 Å². The number of morpholine rings is 1. The molecule has 26 heavy (non-hydrogen) atoms. The molecule has 1 aliphatic carbocycles. The van der Waals surface area contributed by atoms with E-state index in [9.17, 15) is 8.42 Å². The Labute approximate surface area is 155 Å². The van der Waals surface area contributed by atoms with Crippen LogP contribution in [0.15, 0.2) is 12.4 Å². The lowest BCUT2D eigenvalue weighted by atomic mass is 10.0. The summed E-state index contributed by atoms with van der Waals surface area (Å²) in [4.78, 5) is 2.32. The fourth-order valence-corrected chi connectivity index (χ4v) is 5.72. The van der Waals surface area contributed by atoms with Gasteiger partial charge in [-0.25, -0.2) is 8.42 Å². The first-order valence-corrected chi connectivity index (χ1v) is 11.0. The molecule has 2 aliphatic heterocycles. The summed E-state index contributed by atoms with van der Waals surface area (Å²) in [7, 11) is -3.22. The third kappa shape index (κ3) is 3.82. The number of aryl methyl sites for hydroxylation is 1. The van der Waals surface area contributed by atoms with Crippen LogP contribution in [0.4, 0.5) is 0 Å². The van der Waals surface area contributed by atoms with Crippen molar-refractivity contribution in [3.8, 4) is 0 Å². The van der Waals surface area contributed by atoms with Crippen LogP contribution >= 0.6 is 0 Å². The van der Waals surface area contributed by atoms with Crippen LogP contribution in [0, 0.1) is 0 Å². The summed E-state index contributed by atoms with van der Waals surface area (Å²) >= 11 is 0. The van der Waals surface area contributed by atoms with Gasteiger partial charge in [0.05, 0.1) is 31.3 Å². The van der Waals surface area contributed by atoms with Gasteiger partial charge >= 0.3 is 0 Å². The SMILES string of the molecule is CCn1cc(CN2CCOC3(COCCN(S(=O)(=O)C4CC4)C3)C2)cn1. The molecule has 1 aromatic heterocycles. The molecule has 4 rings (SSSR count). The Balaban J connectivity index is 1.46. The van der Waals surface area contributed by atoms with E-state index in [0.717, 1.165) is 32.5 Å². The van der Waals surface area contributed by atoms with Crippen molar-refractivity contribution in [1.82, 2.24) is 19.0 Å². The van der Waals surface area contributed by atoms with Crippen LogP contribution in [0.5, 0.6) is 0 Å². The summed E-state index contributed by atoms with van der Waals surface area (Å²) in [6.45, 7) is 7.48. The summed E-state index contributed by atoms with van der Waals surface area (Å²) in [5, 5.41) is 4.14. The zero-order chi connectivity index (χ0) is 18.2. The van der Waals surface area contributed by atoms with E-state index in [2.05, 4.69) is 23.1 Å². The van der Waals surface area contributed by atoms with Crippen molar-refractivity contribution in [2.24, 2.45) is 0 Å². The Hall–Kier alpha value is -1.00. The summed E-state index contributed by atoms with van der Waals surface area (Å²) < 4.78 is 40.9. The van der Waals surface area contributed by atoms with Gasteiger partial charge in [-0.1, -0.05) is 0 Å². The minimum Gasteiger partial charge on any atom is -0.377 e. The molecule has 0 N–H and O–H groups in total. The van der Waals surface area contributed by atoms with Crippen molar-refractivity contribution >= 4 is 10.0 Å². The van der Waals surface area contributed by atoms with Gasteiger partial charge in [0, 0.05) is 51.0 Å². The van der Waals surface area contributed by atoms with Gasteiger partial charge in [-0.3, -0.25) is 9.58 Å². The highest BCUT2D eigenvalue weighted by atomic mass is 32.2. The van der Waals surface area contributed by atoms with Crippen LogP contribution < -0.4 is 0 Å². The maximum atomic E-state index is 12.7. The Morgan fingerprint density at radius 2 is 2.12 bits per heavy atom. The van der Waals surface area contributed by atoms with E-state index in [1.165, 1.54) is 5.56 Å². The van der Waals surface area contributed by atoms with Gasteiger partial charge in [0.25, 0.3) is 0 Å². The molecule has 9 heteroatoms. The smallest absolute Gasteiger partial charge is 0.217 e. The maximum Gasteiger partial charge on any atom is 0.217 e. The van der Waals surface area contributed by atoms with Crippen LogP contribution in [0.1, 0.15) is 25.3 Å². The van der Waals surface area contributed by atoms with Gasteiger partial charge in [-0.05, 0) is 19.8 Å². The predicted octanol–water partition coefficient (Wildman–Crippen LogP) is 0.298. The molecule has 1 aromatic rings. The molecule has 1 saturated carbocycles. The minimum absolute atomic E-state index is 0.197. The van der Waals surface area contributed by atoms with E-state index in [1.807, 2.05) is 10.9 Å². The van der Waals surface area contributed by atoms with Gasteiger partial charge in [0.1, 0.15) is 5.60 Å². The molecule has 1 atom stereocenters. The van der Waals surface area contributed by atoms with E-state index in [1.54, 1.807) is 4.31 Å². The van der Waals surface area contributed by atoms with Crippen molar-refractivity contribution in [3.63, 3.8) is 0 Å². The quantitative estimate of drug-likeness (QED) is 0.727. The predicted molar refractivity (Wildman–Crippen MR) is 96.2 cm³/mol. The fraction of sp³-hybridized carbons (Fsp3) is 0.824.